The first-order valence-corrected chi connectivity index (χ1v) is 12.5. The van der Waals surface area contributed by atoms with E-state index in [1.807, 2.05) is 19.1 Å². The number of hydrogen-bond acceptors (Lipinski definition) is 5. The maximum atomic E-state index is 13.3. The number of carbonyl (C=O) groups excluding carboxylic acids is 1. The van der Waals surface area contributed by atoms with Crippen LogP contribution in [0.4, 0.5) is 0 Å². The van der Waals surface area contributed by atoms with Crippen molar-refractivity contribution in [1.82, 2.24) is 9.73 Å². The molecule has 10 heteroatoms. The van der Waals surface area contributed by atoms with Gasteiger partial charge in [-0.1, -0.05) is 47.5 Å². The fourth-order valence-corrected chi connectivity index (χ4v) is 4.65. The molecule has 0 radical (unpaired) electrons. The molecule has 1 amide bonds. The van der Waals surface area contributed by atoms with Gasteiger partial charge in [0.05, 0.1) is 24.3 Å². The molecule has 0 saturated heterocycles. The van der Waals surface area contributed by atoms with Crippen LogP contribution in [0.5, 0.6) is 5.75 Å². The molecule has 0 aliphatic rings. The summed E-state index contributed by atoms with van der Waals surface area (Å²) in [6.07, 6.45) is 1.44. The molecule has 34 heavy (non-hydrogen) atoms. The Bertz CT molecular complexity index is 1250. The van der Waals surface area contributed by atoms with Crippen molar-refractivity contribution in [2.45, 2.75) is 18.4 Å². The number of ether oxygens (including phenoxy) is 1. The van der Waals surface area contributed by atoms with Gasteiger partial charge in [0.15, 0.2) is 0 Å². The molecule has 0 spiro atoms. The Hall–Kier alpha value is -2.91. The van der Waals surface area contributed by atoms with Gasteiger partial charge in [0, 0.05) is 22.2 Å². The van der Waals surface area contributed by atoms with Crippen molar-refractivity contribution in [3.05, 3.63) is 94.0 Å². The highest BCUT2D eigenvalue weighted by Gasteiger charge is 2.27. The van der Waals surface area contributed by atoms with Crippen LogP contribution in [0.2, 0.25) is 10.0 Å². The normalized spacial score (nSPS) is 11.6. The van der Waals surface area contributed by atoms with Crippen LogP contribution in [-0.2, 0) is 21.4 Å². The predicted molar refractivity (Wildman–Crippen MR) is 134 cm³/mol. The smallest absolute Gasteiger partial charge is 0.255 e. The lowest BCUT2D eigenvalue weighted by Gasteiger charge is -2.21. The second-order valence-corrected chi connectivity index (χ2v) is 9.93. The second-order valence-electron chi connectivity index (χ2n) is 7.12. The summed E-state index contributed by atoms with van der Waals surface area (Å²) in [5.74, 6) is 0.0225. The first kappa shape index (κ1) is 25.7. The van der Waals surface area contributed by atoms with E-state index in [9.17, 15) is 13.2 Å². The van der Waals surface area contributed by atoms with Gasteiger partial charge in [0.25, 0.3) is 5.91 Å². The number of rotatable bonds is 10. The Morgan fingerprint density at radius 1 is 1.00 bits per heavy atom. The zero-order valence-electron chi connectivity index (χ0n) is 18.3. The number of hydrogen-bond donors (Lipinski definition) is 1. The molecule has 0 aliphatic heterocycles. The molecule has 7 nitrogen and oxygen atoms in total. The molecule has 0 fully saturated rings. The molecular weight excluding hydrogens is 497 g/mol. The molecule has 0 bridgehead atoms. The van der Waals surface area contributed by atoms with Gasteiger partial charge < -0.3 is 4.74 Å². The van der Waals surface area contributed by atoms with Gasteiger partial charge in [-0.05, 0) is 61.0 Å². The minimum Gasteiger partial charge on any atom is -0.493 e. The summed E-state index contributed by atoms with van der Waals surface area (Å²) in [7, 11) is -4.00. The maximum absolute atomic E-state index is 13.3. The Kier molecular flexibility index (Phi) is 9.06. The molecule has 0 saturated carbocycles. The van der Waals surface area contributed by atoms with Crippen LogP contribution in [0.25, 0.3) is 0 Å². The maximum Gasteiger partial charge on any atom is 0.255 e. The average Bonchev–Trinajstić information content (AvgIpc) is 2.81. The lowest BCUT2D eigenvalue weighted by molar-refractivity contribution is -0.121. The standard InChI is InChI=1S/C24H23Cl2N3O4S/c1-2-33-23-6-4-3-5-19(23)15-27-28-24(30)17-29(16-18-7-9-20(25)10-8-18)34(31,32)22-13-11-21(26)12-14-22/h3-15H,2,16-17H2,1H3,(H,28,30)/b27-15-. The number of amides is 1. The van der Waals surface area contributed by atoms with Crippen LogP contribution in [-0.4, -0.2) is 38.0 Å². The van der Waals surface area contributed by atoms with Crippen LogP contribution in [0, 0.1) is 0 Å². The molecule has 1 N–H and O–H groups in total. The molecule has 0 aliphatic carbocycles. The summed E-state index contributed by atoms with van der Waals surface area (Å²) in [5, 5.41) is 4.89. The third kappa shape index (κ3) is 7.04. The third-order valence-electron chi connectivity index (χ3n) is 4.66. The Morgan fingerprint density at radius 3 is 2.26 bits per heavy atom. The van der Waals surface area contributed by atoms with Gasteiger partial charge in [-0.25, -0.2) is 13.8 Å². The van der Waals surface area contributed by atoms with Crippen molar-refractivity contribution in [1.29, 1.82) is 0 Å². The average molecular weight is 520 g/mol. The monoisotopic (exact) mass is 519 g/mol. The fraction of sp³-hybridized carbons (Fsp3) is 0.167. The lowest BCUT2D eigenvalue weighted by Crippen LogP contribution is -2.39. The van der Waals surface area contributed by atoms with E-state index in [1.54, 1.807) is 36.4 Å². The first-order chi connectivity index (χ1) is 16.3. The number of nitrogens with one attached hydrogen (secondary N) is 1. The van der Waals surface area contributed by atoms with Crippen LogP contribution in [0.15, 0.2) is 82.8 Å². The van der Waals surface area contributed by atoms with E-state index < -0.39 is 22.5 Å². The van der Waals surface area contributed by atoms with E-state index >= 15 is 0 Å². The predicted octanol–water partition coefficient (Wildman–Crippen LogP) is 4.73. The van der Waals surface area contributed by atoms with Gasteiger partial charge in [-0.3, -0.25) is 4.79 Å². The van der Waals surface area contributed by atoms with E-state index in [2.05, 4.69) is 10.5 Å². The third-order valence-corrected chi connectivity index (χ3v) is 6.97. The van der Waals surface area contributed by atoms with Gasteiger partial charge in [0.1, 0.15) is 5.75 Å². The second kappa shape index (κ2) is 12.0. The number of sulfonamides is 1. The molecule has 0 aromatic heterocycles. The van der Waals surface area contributed by atoms with Crippen molar-refractivity contribution in [3.8, 4) is 5.75 Å². The fourth-order valence-electron chi connectivity index (χ4n) is 3.02. The molecule has 0 atom stereocenters. The molecule has 178 valence electrons. The highest BCUT2D eigenvalue weighted by molar-refractivity contribution is 7.89. The zero-order chi connectivity index (χ0) is 24.6. The highest BCUT2D eigenvalue weighted by atomic mass is 35.5. The van der Waals surface area contributed by atoms with E-state index in [4.69, 9.17) is 27.9 Å². The quantitative estimate of drug-likeness (QED) is 0.309. The summed E-state index contributed by atoms with van der Waals surface area (Å²) in [6.45, 7) is 1.87. The van der Waals surface area contributed by atoms with Crippen molar-refractivity contribution < 1.29 is 17.9 Å². The number of para-hydroxylation sites is 1. The minimum absolute atomic E-state index is 0.0211. The summed E-state index contributed by atoms with van der Waals surface area (Å²) in [5.41, 5.74) is 3.73. The van der Waals surface area contributed by atoms with Gasteiger partial charge in [-0.2, -0.15) is 9.41 Å². The molecule has 0 unspecified atom stereocenters. The SMILES string of the molecule is CCOc1ccccc1/C=N\NC(=O)CN(Cc1ccc(Cl)cc1)S(=O)(=O)c1ccc(Cl)cc1. The van der Waals surface area contributed by atoms with Crippen LogP contribution < -0.4 is 10.2 Å². The van der Waals surface area contributed by atoms with E-state index in [0.29, 0.717) is 33.5 Å². The summed E-state index contributed by atoms with van der Waals surface area (Å²) < 4.78 is 33.2. The number of carbonyl (C=O) groups is 1. The van der Waals surface area contributed by atoms with Gasteiger partial charge in [0.2, 0.25) is 10.0 Å². The van der Waals surface area contributed by atoms with Gasteiger partial charge in [-0.15, -0.1) is 0 Å². The molecule has 3 aromatic carbocycles. The zero-order valence-corrected chi connectivity index (χ0v) is 20.6. The number of hydrazone groups is 1. The number of halogens is 2. The largest absolute Gasteiger partial charge is 0.493 e. The van der Waals surface area contributed by atoms with Crippen LogP contribution in [0.1, 0.15) is 18.1 Å². The van der Waals surface area contributed by atoms with Crippen molar-refractivity contribution in [2.75, 3.05) is 13.2 Å². The summed E-state index contributed by atoms with van der Waals surface area (Å²) >= 11 is 11.8. The first-order valence-electron chi connectivity index (χ1n) is 10.3. The molecule has 0 heterocycles. The van der Waals surface area contributed by atoms with E-state index in [-0.39, 0.29) is 11.4 Å². The van der Waals surface area contributed by atoms with Crippen molar-refractivity contribution >= 4 is 45.3 Å². The summed E-state index contributed by atoms with van der Waals surface area (Å²) in [4.78, 5) is 12.6. The Balaban J connectivity index is 1.78. The van der Waals surface area contributed by atoms with Crippen LogP contribution in [0.3, 0.4) is 0 Å². The van der Waals surface area contributed by atoms with E-state index in [0.717, 1.165) is 4.31 Å². The summed E-state index contributed by atoms with van der Waals surface area (Å²) in [6, 6.07) is 19.7. The highest BCUT2D eigenvalue weighted by Crippen LogP contribution is 2.21. The minimum atomic E-state index is -4.00. The van der Waals surface area contributed by atoms with Crippen LogP contribution >= 0.6 is 23.2 Å². The van der Waals surface area contributed by atoms with Crippen molar-refractivity contribution in [3.63, 3.8) is 0 Å². The molecular formula is C24H23Cl2N3O4S. The lowest BCUT2D eigenvalue weighted by atomic mass is 10.2. The number of benzene rings is 3. The topological polar surface area (TPSA) is 88.1 Å². The van der Waals surface area contributed by atoms with E-state index in [1.165, 1.54) is 30.5 Å². The van der Waals surface area contributed by atoms with Gasteiger partial charge >= 0.3 is 0 Å². The number of nitrogens with zero attached hydrogens (tertiary/aromatic N) is 2. The molecule has 3 rings (SSSR count). The Morgan fingerprint density at radius 2 is 1.62 bits per heavy atom. The Labute approximate surface area is 209 Å². The molecule has 3 aromatic rings. The van der Waals surface area contributed by atoms with Crippen molar-refractivity contribution in [2.24, 2.45) is 5.10 Å².